The van der Waals surface area contributed by atoms with Gasteiger partial charge in [-0.25, -0.2) is 4.79 Å². The Kier molecular flexibility index (Phi) is 10.8. The summed E-state index contributed by atoms with van der Waals surface area (Å²) in [6.45, 7) is 3.16. The number of ether oxygens (including phenoxy) is 2. The monoisotopic (exact) mass is 428 g/mol. The average molecular weight is 428 g/mol. The van der Waals surface area contributed by atoms with Gasteiger partial charge >= 0.3 is 20.2 Å². The Hall–Kier alpha value is -2.55. The number of amides is 2. The highest BCUT2D eigenvalue weighted by molar-refractivity contribution is 7.36. The van der Waals surface area contributed by atoms with Gasteiger partial charge in [0.15, 0.2) is 0 Å². The van der Waals surface area contributed by atoms with Crippen LogP contribution < -0.4 is 11.1 Å². The molecular formula is C18H27N3O7P+. The maximum atomic E-state index is 12.1. The van der Waals surface area contributed by atoms with E-state index in [1.54, 1.807) is 13.8 Å². The van der Waals surface area contributed by atoms with Crippen molar-refractivity contribution < 1.29 is 33.3 Å². The third-order valence-corrected chi connectivity index (χ3v) is 4.65. The van der Waals surface area contributed by atoms with Crippen LogP contribution in [0.4, 0.5) is 4.79 Å². The smallest absolute Gasteiger partial charge is 0.464 e. The maximum absolute atomic E-state index is 12.1. The Labute approximate surface area is 170 Å². The number of nitrogens with zero attached hydrogens (tertiary/aromatic N) is 1. The van der Waals surface area contributed by atoms with Crippen LogP contribution in [0.3, 0.4) is 0 Å². The van der Waals surface area contributed by atoms with Crippen molar-refractivity contribution >= 4 is 26.1 Å². The average Bonchev–Trinajstić information content (AvgIpc) is 2.69. The number of hydrogen-bond acceptors (Lipinski definition) is 7. The summed E-state index contributed by atoms with van der Waals surface area (Å²) in [5.41, 5.74) is 6.53. The van der Waals surface area contributed by atoms with E-state index in [9.17, 15) is 23.8 Å². The lowest BCUT2D eigenvalue weighted by molar-refractivity contribution is -0.143. The normalized spacial score (nSPS) is 12.1. The number of alkyl carbamates (subject to hydrolysis) is 1. The van der Waals surface area contributed by atoms with Crippen molar-refractivity contribution in [2.75, 3.05) is 19.7 Å². The van der Waals surface area contributed by atoms with Crippen LogP contribution in [0, 0.1) is 5.92 Å². The summed E-state index contributed by atoms with van der Waals surface area (Å²) in [7, 11) is -2.97. The summed E-state index contributed by atoms with van der Waals surface area (Å²) >= 11 is 0. The lowest BCUT2D eigenvalue weighted by atomic mass is 10.1. The molecule has 0 radical (unpaired) electrons. The molecule has 0 aliphatic heterocycles. The van der Waals surface area contributed by atoms with Gasteiger partial charge in [0.25, 0.3) is 5.91 Å². The van der Waals surface area contributed by atoms with Gasteiger partial charge in [0.1, 0.15) is 13.2 Å². The third kappa shape index (κ3) is 9.47. The van der Waals surface area contributed by atoms with Crippen molar-refractivity contribution in [3.05, 3.63) is 35.9 Å². The Morgan fingerprint density at radius 2 is 1.86 bits per heavy atom. The predicted molar refractivity (Wildman–Crippen MR) is 105 cm³/mol. The van der Waals surface area contributed by atoms with E-state index in [1.807, 2.05) is 30.3 Å². The molecule has 2 atom stereocenters. The molecule has 1 aromatic rings. The maximum Gasteiger partial charge on any atom is 0.646 e. The highest BCUT2D eigenvalue weighted by Crippen LogP contribution is 2.23. The predicted octanol–water partition coefficient (Wildman–Crippen LogP) is 1.31. The quantitative estimate of drug-likeness (QED) is 0.271. The fraction of sp³-hybridized carbons (Fsp3) is 0.500. The van der Waals surface area contributed by atoms with E-state index in [0.29, 0.717) is 4.67 Å². The zero-order valence-electron chi connectivity index (χ0n) is 16.4. The topological polar surface area (TPSA) is 148 Å². The Morgan fingerprint density at radius 3 is 2.45 bits per heavy atom. The van der Waals surface area contributed by atoms with E-state index in [1.165, 1.54) is 0 Å². The summed E-state index contributed by atoms with van der Waals surface area (Å²) in [5.74, 6) is -1.61. The second kappa shape index (κ2) is 12.8. The lowest BCUT2D eigenvalue weighted by Gasteiger charge is -2.17. The molecule has 0 heterocycles. The highest BCUT2D eigenvalue weighted by Gasteiger charge is 2.36. The molecule has 1 rings (SSSR count). The van der Waals surface area contributed by atoms with Crippen molar-refractivity contribution in [3.8, 4) is 0 Å². The molecular weight excluding hydrogens is 401 g/mol. The molecule has 4 N–H and O–H groups in total. The van der Waals surface area contributed by atoms with Crippen LogP contribution in [0.25, 0.3) is 0 Å². The van der Waals surface area contributed by atoms with Gasteiger partial charge in [-0.2, -0.15) is 0 Å². The minimum atomic E-state index is -2.97. The second-order valence-corrected chi connectivity index (χ2v) is 7.43. The molecule has 1 unspecified atom stereocenters. The van der Waals surface area contributed by atoms with Gasteiger partial charge in [0, 0.05) is 0 Å². The molecule has 0 aliphatic carbocycles. The van der Waals surface area contributed by atoms with Crippen molar-refractivity contribution in [1.82, 2.24) is 9.99 Å². The number of rotatable bonds is 11. The molecule has 10 nitrogen and oxygen atoms in total. The van der Waals surface area contributed by atoms with Crippen LogP contribution in [-0.4, -0.2) is 53.3 Å². The molecule has 2 amide bonds. The first kappa shape index (κ1) is 24.5. The number of benzene rings is 1. The lowest BCUT2D eigenvalue weighted by Crippen LogP contribution is -2.44. The van der Waals surface area contributed by atoms with Gasteiger partial charge < -0.3 is 20.5 Å². The van der Waals surface area contributed by atoms with E-state index in [-0.39, 0.29) is 38.6 Å². The fourth-order valence-corrected chi connectivity index (χ4v) is 2.67. The van der Waals surface area contributed by atoms with E-state index in [4.69, 9.17) is 15.2 Å². The van der Waals surface area contributed by atoms with Gasteiger partial charge in [0.2, 0.25) is 0 Å². The SMILES string of the molecule is CC(C)[C@H](N)C(=O)N(CCC(=O)OCCNC(=O)OCc1ccccc1)[P+](=O)O. The van der Waals surface area contributed by atoms with Crippen LogP contribution in [0.5, 0.6) is 0 Å². The van der Waals surface area contributed by atoms with Gasteiger partial charge in [0.05, 0.1) is 25.6 Å². The number of carbonyl (C=O) groups is 3. The Bertz CT molecular complexity index is 700. The van der Waals surface area contributed by atoms with Crippen LogP contribution in [0.1, 0.15) is 25.8 Å². The first-order valence-electron chi connectivity index (χ1n) is 9.05. The fourth-order valence-electron chi connectivity index (χ4n) is 2.10. The third-order valence-electron chi connectivity index (χ3n) is 3.84. The summed E-state index contributed by atoms with van der Waals surface area (Å²) in [5, 5.41) is 2.43. The number of hydrogen-bond donors (Lipinski definition) is 3. The molecule has 11 heteroatoms. The van der Waals surface area contributed by atoms with Crippen molar-refractivity contribution in [2.24, 2.45) is 11.7 Å². The molecule has 0 aliphatic rings. The first-order valence-corrected chi connectivity index (χ1v) is 10.2. The van der Waals surface area contributed by atoms with Crippen LogP contribution in [0.2, 0.25) is 0 Å². The Morgan fingerprint density at radius 1 is 1.21 bits per heavy atom. The molecule has 0 aromatic heterocycles. The molecule has 29 heavy (non-hydrogen) atoms. The summed E-state index contributed by atoms with van der Waals surface area (Å²) in [4.78, 5) is 44.7. The van der Waals surface area contributed by atoms with Gasteiger partial charge in [-0.15, -0.1) is 9.56 Å². The molecule has 1 aromatic carbocycles. The van der Waals surface area contributed by atoms with Gasteiger partial charge in [-0.1, -0.05) is 44.2 Å². The number of esters is 1. The molecule has 0 bridgehead atoms. The van der Waals surface area contributed by atoms with E-state index < -0.39 is 32.2 Å². The van der Waals surface area contributed by atoms with Crippen molar-refractivity contribution in [3.63, 3.8) is 0 Å². The minimum Gasteiger partial charge on any atom is -0.464 e. The van der Waals surface area contributed by atoms with Crippen LogP contribution >= 0.6 is 8.18 Å². The Balaban J connectivity index is 2.26. The van der Waals surface area contributed by atoms with Crippen LogP contribution in [0.15, 0.2) is 30.3 Å². The van der Waals surface area contributed by atoms with E-state index >= 15 is 0 Å². The minimum absolute atomic E-state index is 0.0362. The largest absolute Gasteiger partial charge is 0.646 e. The zero-order chi connectivity index (χ0) is 21.8. The zero-order valence-corrected chi connectivity index (χ0v) is 17.3. The van der Waals surface area contributed by atoms with Gasteiger partial charge in [-0.3, -0.25) is 9.59 Å². The van der Waals surface area contributed by atoms with Gasteiger partial charge in [-0.05, 0) is 16.0 Å². The standard InChI is InChI=1S/C18H26N3O7P/c1-13(2)16(19)17(23)21(29(25)26)10-8-15(22)27-11-9-20-18(24)28-12-14-6-4-3-5-7-14/h3-7,13,16H,8-12,19H2,1-2H3,(H-,20,24,25,26)/p+1/t16-/m0/s1. The summed E-state index contributed by atoms with van der Waals surface area (Å²) in [6.07, 6.45) is -0.932. The summed E-state index contributed by atoms with van der Waals surface area (Å²) in [6, 6.07) is 8.20. The van der Waals surface area contributed by atoms with E-state index in [0.717, 1.165) is 5.56 Å². The molecule has 0 saturated heterocycles. The molecule has 0 fully saturated rings. The number of carbonyl (C=O) groups excluding carboxylic acids is 3. The van der Waals surface area contributed by atoms with Crippen LogP contribution in [-0.2, 0) is 30.2 Å². The van der Waals surface area contributed by atoms with Crippen molar-refractivity contribution in [1.29, 1.82) is 0 Å². The molecule has 160 valence electrons. The summed E-state index contributed by atoms with van der Waals surface area (Å²) < 4.78 is 21.9. The number of nitrogens with one attached hydrogen (secondary N) is 1. The molecule has 0 spiro atoms. The van der Waals surface area contributed by atoms with Crippen molar-refractivity contribution in [2.45, 2.75) is 32.9 Å². The second-order valence-electron chi connectivity index (χ2n) is 6.44. The first-order chi connectivity index (χ1) is 13.7. The number of nitrogens with two attached hydrogens (primary N) is 1. The highest BCUT2D eigenvalue weighted by atomic mass is 31.1. The molecule has 0 saturated carbocycles. The van der Waals surface area contributed by atoms with E-state index in [2.05, 4.69) is 5.32 Å².